The van der Waals surface area contributed by atoms with Gasteiger partial charge in [0.25, 0.3) is 0 Å². The van der Waals surface area contributed by atoms with E-state index in [0.717, 1.165) is 31.3 Å². The number of benzene rings is 2. The van der Waals surface area contributed by atoms with E-state index >= 15 is 0 Å². The van der Waals surface area contributed by atoms with Crippen molar-refractivity contribution in [3.8, 4) is 11.5 Å². The summed E-state index contributed by atoms with van der Waals surface area (Å²) in [6, 6.07) is 11.8. The predicted molar refractivity (Wildman–Crippen MR) is 81.6 cm³/mol. The number of hydrogen-bond donors (Lipinski definition) is 1. The van der Waals surface area contributed by atoms with Gasteiger partial charge in [-0.15, -0.1) is 0 Å². The monoisotopic (exact) mass is 352 g/mol. The first-order valence-corrected chi connectivity index (χ1v) is 7.84. The summed E-state index contributed by atoms with van der Waals surface area (Å²) < 4.78 is 12.1. The minimum Gasteiger partial charge on any atom is -0.486 e. The van der Waals surface area contributed by atoms with Crippen molar-refractivity contribution < 1.29 is 14.6 Å². The van der Waals surface area contributed by atoms with Crippen LogP contribution in [0.1, 0.15) is 5.56 Å². The summed E-state index contributed by atoms with van der Waals surface area (Å²) in [5, 5.41) is 9.43. The minimum absolute atomic E-state index is 0.0202. The number of aliphatic hydroxyl groups excluding tert-OH is 1. The van der Waals surface area contributed by atoms with Gasteiger partial charge in [-0.25, -0.2) is 0 Å². The van der Waals surface area contributed by atoms with Gasteiger partial charge in [0.15, 0.2) is 11.5 Å². The molecule has 0 amide bonds. The number of ether oxygens (including phenoxy) is 2. The number of fused-ring (bicyclic) bond motifs is 1. The van der Waals surface area contributed by atoms with Crippen LogP contribution in [0.2, 0.25) is 0 Å². The Hall–Kier alpha value is -1.17. The van der Waals surface area contributed by atoms with Crippen molar-refractivity contribution in [3.05, 3.63) is 46.4 Å². The van der Waals surface area contributed by atoms with Crippen molar-refractivity contribution in [2.45, 2.75) is 16.4 Å². The third kappa shape index (κ3) is 2.95. The maximum Gasteiger partial charge on any atom is 0.162 e. The molecule has 0 bridgehead atoms. The van der Waals surface area contributed by atoms with Gasteiger partial charge in [0.05, 0.1) is 6.61 Å². The zero-order chi connectivity index (χ0) is 13.9. The molecule has 104 valence electrons. The Balaban J connectivity index is 1.87. The van der Waals surface area contributed by atoms with Gasteiger partial charge < -0.3 is 14.6 Å². The lowest BCUT2D eigenvalue weighted by Crippen LogP contribution is -2.15. The van der Waals surface area contributed by atoms with Crippen LogP contribution in [0, 0.1) is 0 Å². The SMILES string of the molecule is OCc1cc(Br)ccc1Sc1ccc2c(c1)OCCO2. The van der Waals surface area contributed by atoms with Crippen LogP contribution in [0.3, 0.4) is 0 Å². The van der Waals surface area contributed by atoms with Crippen LogP contribution in [0.4, 0.5) is 0 Å². The molecule has 1 aliphatic heterocycles. The van der Waals surface area contributed by atoms with Crippen molar-refractivity contribution in [2.24, 2.45) is 0 Å². The summed E-state index contributed by atoms with van der Waals surface area (Å²) >= 11 is 5.02. The van der Waals surface area contributed by atoms with Crippen molar-refractivity contribution in [2.75, 3.05) is 13.2 Å². The Kier molecular flexibility index (Phi) is 4.19. The van der Waals surface area contributed by atoms with Gasteiger partial charge in [0, 0.05) is 14.3 Å². The molecule has 3 rings (SSSR count). The molecule has 0 saturated heterocycles. The molecule has 0 saturated carbocycles. The molecule has 0 aromatic heterocycles. The lowest BCUT2D eigenvalue weighted by Gasteiger charge is -2.19. The van der Waals surface area contributed by atoms with Crippen LogP contribution >= 0.6 is 27.7 Å². The second kappa shape index (κ2) is 6.08. The lowest BCUT2D eigenvalue weighted by molar-refractivity contribution is 0.171. The average Bonchev–Trinajstić information content (AvgIpc) is 2.49. The maximum atomic E-state index is 9.43. The van der Waals surface area contributed by atoms with E-state index in [2.05, 4.69) is 15.9 Å². The molecule has 0 spiro atoms. The van der Waals surface area contributed by atoms with Gasteiger partial charge in [-0.2, -0.15) is 0 Å². The second-order valence-electron chi connectivity index (χ2n) is 4.32. The topological polar surface area (TPSA) is 38.7 Å². The molecule has 0 atom stereocenters. The fourth-order valence-corrected chi connectivity index (χ4v) is 3.34. The van der Waals surface area contributed by atoms with E-state index in [1.807, 2.05) is 36.4 Å². The molecule has 2 aromatic carbocycles. The smallest absolute Gasteiger partial charge is 0.162 e. The quantitative estimate of drug-likeness (QED) is 0.909. The number of aliphatic hydroxyl groups is 1. The Morgan fingerprint density at radius 1 is 1.05 bits per heavy atom. The van der Waals surface area contributed by atoms with E-state index in [0.29, 0.717) is 13.2 Å². The van der Waals surface area contributed by atoms with Gasteiger partial charge in [-0.3, -0.25) is 0 Å². The predicted octanol–water partition coefficient (Wildman–Crippen LogP) is 3.86. The third-order valence-corrected chi connectivity index (χ3v) is 4.54. The second-order valence-corrected chi connectivity index (χ2v) is 6.35. The van der Waals surface area contributed by atoms with Crippen LogP contribution in [0.5, 0.6) is 11.5 Å². The van der Waals surface area contributed by atoms with Gasteiger partial charge in [-0.05, 0) is 42.0 Å². The van der Waals surface area contributed by atoms with Crippen LogP contribution < -0.4 is 9.47 Å². The summed E-state index contributed by atoms with van der Waals surface area (Å²) in [4.78, 5) is 2.10. The Bertz CT molecular complexity index is 631. The van der Waals surface area contributed by atoms with Gasteiger partial charge in [0.1, 0.15) is 13.2 Å². The maximum absolute atomic E-state index is 9.43. The van der Waals surface area contributed by atoms with Crippen LogP contribution in [0.25, 0.3) is 0 Å². The molecule has 2 aromatic rings. The number of halogens is 1. The fourth-order valence-electron chi connectivity index (χ4n) is 1.99. The zero-order valence-corrected chi connectivity index (χ0v) is 13.0. The van der Waals surface area contributed by atoms with Crippen molar-refractivity contribution in [1.29, 1.82) is 0 Å². The zero-order valence-electron chi connectivity index (χ0n) is 10.6. The molecule has 20 heavy (non-hydrogen) atoms. The van der Waals surface area contributed by atoms with Gasteiger partial charge >= 0.3 is 0 Å². The molecule has 0 radical (unpaired) electrons. The van der Waals surface area contributed by atoms with E-state index in [-0.39, 0.29) is 6.61 Å². The molecule has 1 N–H and O–H groups in total. The van der Waals surface area contributed by atoms with Gasteiger partial charge in [0.2, 0.25) is 0 Å². The van der Waals surface area contributed by atoms with E-state index < -0.39 is 0 Å². The molecular weight excluding hydrogens is 340 g/mol. The molecule has 0 unspecified atom stereocenters. The molecule has 0 aliphatic carbocycles. The molecule has 3 nitrogen and oxygen atoms in total. The summed E-state index contributed by atoms with van der Waals surface area (Å²) in [7, 11) is 0. The highest BCUT2D eigenvalue weighted by Crippen LogP contribution is 2.38. The summed E-state index contributed by atoms with van der Waals surface area (Å²) in [6.45, 7) is 1.20. The van der Waals surface area contributed by atoms with E-state index in [1.165, 1.54) is 0 Å². The van der Waals surface area contributed by atoms with Crippen molar-refractivity contribution in [3.63, 3.8) is 0 Å². The molecule has 1 aliphatic rings. The molecule has 1 heterocycles. The highest BCUT2D eigenvalue weighted by atomic mass is 79.9. The van der Waals surface area contributed by atoms with E-state index in [1.54, 1.807) is 11.8 Å². The summed E-state index contributed by atoms with van der Waals surface area (Å²) in [5.74, 6) is 1.57. The van der Waals surface area contributed by atoms with E-state index in [4.69, 9.17) is 9.47 Å². The summed E-state index contributed by atoms with van der Waals surface area (Å²) in [6.07, 6.45) is 0. The normalized spacial score (nSPS) is 13.3. The van der Waals surface area contributed by atoms with Crippen LogP contribution in [0.15, 0.2) is 50.7 Å². The molecule has 5 heteroatoms. The van der Waals surface area contributed by atoms with Crippen molar-refractivity contribution in [1.82, 2.24) is 0 Å². The third-order valence-electron chi connectivity index (χ3n) is 2.93. The Labute approximate surface area is 130 Å². The minimum atomic E-state index is 0.0202. The standard InChI is InChI=1S/C15H13BrO3S/c16-11-1-4-15(10(7-11)9-17)20-12-2-3-13-14(8-12)19-6-5-18-13/h1-4,7-8,17H,5-6,9H2. The Morgan fingerprint density at radius 2 is 1.85 bits per heavy atom. The molecule has 0 fully saturated rings. The summed E-state index contributed by atoms with van der Waals surface area (Å²) in [5.41, 5.74) is 0.902. The Morgan fingerprint density at radius 3 is 2.65 bits per heavy atom. The van der Waals surface area contributed by atoms with E-state index in [9.17, 15) is 5.11 Å². The average molecular weight is 353 g/mol. The molecular formula is C15H13BrO3S. The first-order chi connectivity index (χ1) is 9.76. The van der Waals surface area contributed by atoms with Crippen LogP contribution in [-0.4, -0.2) is 18.3 Å². The largest absolute Gasteiger partial charge is 0.486 e. The first-order valence-electron chi connectivity index (χ1n) is 6.23. The lowest BCUT2D eigenvalue weighted by atomic mass is 10.2. The fraction of sp³-hybridized carbons (Fsp3) is 0.200. The highest BCUT2D eigenvalue weighted by molar-refractivity contribution is 9.10. The highest BCUT2D eigenvalue weighted by Gasteiger charge is 2.13. The van der Waals surface area contributed by atoms with Gasteiger partial charge in [-0.1, -0.05) is 27.7 Å². The number of rotatable bonds is 3. The number of hydrogen-bond acceptors (Lipinski definition) is 4. The first kappa shape index (κ1) is 13.8. The van der Waals surface area contributed by atoms with Crippen molar-refractivity contribution >= 4 is 27.7 Å². The van der Waals surface area contributed by atoms with Crippen LogP contribution in [-0.2, 0) is 6.61 Å².